The summed E-state index contributed by atoms with van der Waals surface area (Å²) in [6.07, 6.45) is 2.23. The zero-order valence-corrected chi connectivity index (χ0v) is 15.1. The first-order valence-corrected chi connectivity index (χ1v) is 9.12. The second kappa shape index (κ2) is 7.09. The fourth-order valence-electron chi connectivity index (χ4n) is 3.53. The standard InChI is InChI=1S/C21H20FN3O3/c22-16-3-1-2-14(12-16)6-9-24-19(26)21(28)8-11-25(20(21)27)17-4-5-18-15(13-17)7-10-23-18/h1-5,7,10,12-13,23,28H,6,8-9,11H2,(H,24,26). The van der Waals surface area contributed by atoms with Gasteiger partial charge in [-0.1, -0.05) is 12.1 Å². The maximum absolute atomic E-state index is 13.2. The van der Waals surface area contributed by atoms with Gasteiger partial charge in [0.15, 0.2) is 0 Å². The number of aromatic nitrogens is 1. The summed E-state index contributed by atoms with van der Waals surface area (Å²) in [6.45, 7) is 0.454. The van der Waals surface area contributed by atoms with Gasteiger partial charge >= 0.3 is 0 Å². The molecule has 1 fully saturated rings. The van der Waals surface area contributed by atoms with E-state index in [2.05, 4.69) is 10.3 Å². The number of nitrogens with one attached hydrogen (secondary N) is 2. The topological polar surface area (TPSA) is 85.4 Å². The average Bonchev–Trinajstić information content (AvgIpc) is 3.27. The lowest BCUT2D eigenvalue weighted by Crippen LogP contribution is -2.52. The second-order valence-electron chi connectivity index (χ2n) is 6.95. The highest BCUT2D eigenvalue weighted by atomic mass is 19.1. The van der Waals surface area contributed by atoms with Crippen LogP contribution in [0.3, 0.4) is 0 Å². The van der Waals surface area contributed by atoms with E-state index in [-0.39, 0.29) is 25.3 Å². The molecule has 1 aliphatic heterocycles. The summed E-state index contributed by atoms with van der Waals surface area (Å²) >= 11 is 0. The van der Waals surface area contributed by atoms with E-state index in [1.807, 2.05) is 24.4 Å². The Balaban J connectivity index is 1.42. The summed E-state index contributed by atoms with van der Waals surface area (Å²) in [7, 11) is 0. The van der Waals surface area contributed by atoms with Crippen molar-refractivity contribution < 1.29 is 19.1 Å². The minimum atomic E-state index is -2.09. The molecular weight excluding hydrogens is 361 g/mol. The first-order chi connectivity index (χ1) is 13.5. The van der Waals surface area contributed by atoms with Crippen molar-refractivity contribution in [2.75, 3.05) is 18.0 Å². The van der Waals surface area contributed by atoms with Gasteiger partial charge in [0.25, 0.3) is 11.8 Å². The van der Waals surface area contributed by atoms with Crippen LogP contribution in [0.5, 0.6) is 0 Å². The molecule has 1 saturated heterocycles. The van der Waals surface area contributed by atoms with Crippen molar-refractivity contribution in [3.63, 3.8) is 0 Å². The zero-order valence-electron chi connectivity index (χ0n) is 15.1. The predicted octanol–water partition coefficient (Wildman–Crippen LogP) is 2.13. The van der Waals surface area contributed by atoms with E-state index in [1.165, 1.54) is 17.0 Å². The summed E-state index contributed by atoms with van der Waals surface area (Å²) in [6, 6.07) is 13.5. The van der Waals surface area contributed by atoms with E-state index in [9.17, 15) is 19.1 Å². The molecule has 1 aromatic heterocycles. The van der Waals surface area contributed by atoms with Crippen molar-refractivity contribution >= 4 is 28.4 Å². The van der Waals surface area contributed by atoms with Gasteiger partial charge in [0.05, 0.1) is 0 Å². The van der Waals surface area contributed by atoms with Gasteiger partial charge in [-0.15, -0.1) is 0 Å². The molecule has 6 nitrogen and oxygen atoms in total. The fraction of sp³-hybridized carbons (Fsp3) is 0.238. The number of rotatable bonds is 5. The lowest BCUT2D eigenvalue weighted by molar-refractivity contribution is -0.149. The van der Waals surface area contributed by atoms with Gasteiger partial charge in [0.1, 0.15) is 5.82 Å². The highest BCUT2D eigenvalue weighted by Gasteiger charge is 2.51. The third kappa shape index (κ3) is 3.25. The Hall–Kier alpha value is -3.19. The van der Waals surface area contributed by atoms with Crippen molar-refractivity contribution in [1.29, 1.82) is 0 Å². The number of anilines is 1. The van der Waals surface area contributed by atoms with Gasteiger partial charge in [0.2, 0.25) is 5.60 Å². The van der Waals surface area contributed by atoms with Crippen LogP contribution in [0.1, 0.15) is 12.0 Å². The number of aliphatic hydroxyl groups is 1. The smallest absolute Gasteiger partial charge is 0.268 e. The average molecular weight is 381 g/mol. The van der Waals surface area contributed by atoms with Crippen LogP contribution in [-0.4, -0.2) is 40.6 Å². The molecule has 4 rings (SSSR count). The molecule has 7 heteroatoms. The molecule has 2 heterocycles. The molecule has 1 aliphatic rings. The minimum Gasteiger partial charge on any atom is -0.372 e. The molecule has 3 N–H and O–H groups in total. The lowest BCUT2D eigenvalue weighted by atomic mass is 10.0. The van der Waals surface area contributed by atoms with Crippen LogP contribution >= 0.6 is 0 Å². The van der Waals surface area contributed by atoms with Crippen molar-refractivity contribution in [1.82, 2.24) is 10.3 Å². The lowest BCUT2D eigenvalue weighted by Gasteiger charge is -2.22. The first-order valence-electron chi connectivity index (χ1n) is 9.12. The number of hydrogen-bond donors (Lipinski definition) is 3. The van der Waals surface area contributed by atoms with Crippen LogP contribution in [0.15, 0.2) is 54.7 Å². The van der Waals surface area contributed by atoms with Gasteiger partial charge in [-0.25, -0.2) is 4.39 Å². The maximum Gasteiger partial charge on any atom is 0.268 e. The number of halogens is 1. The van der Waals surface area contributed by atoms with Gasteiger partial charge in [-0.05, 0) is 48.4 Å². The van der Waals surface area contributed by atoms with Crippen LogP contribution in [-0.2, 0) is 16.0 Å². The van der Waals surface area contributed by atoms with Crippen molar-refractivity contribution in [3.05, 3.63) is 66.1 Å². The summed E-state index contributed by atoms with van der Waals surface area (Å²) < 4.78 is 13.2. The van der Waals surface area contributed by atoms with E-state index in [1.54, 1.807) is 18.2 Å². The largest absolute Gasteiger partial charge is 0.372 e. The van der Waals surface area contributed by atoms with Gasteiger partial charge < -0.3 is 20.3 Å². The molecule has 3 aromatic rings. The van der Waals surface area contributed by atoms with E-state index in [0.29, 0.717) is 12.1 Å². The van der Waals surface area contributed by atoms with Crippen molar-refractivity contribution in [2.45, 2.75) is 18.4 Å². The number of aromatic amines is 1. The van der Waals surface area contributed by atoms with Crippen LogP contribution in [0.2, 0.25) is 0 Å². The number of H-pyrrole nitrogens is 1. The molecule has 0 radical (unpaired) electrons. The zero-order chi connectivity index (χ0) is 19.7. The Bertz CT molecular complexity index is 1050. The van der Waals surface area contributed by atoms with E-state index < -0.39 is 17.4 Å². The number of fused-ring (bicyclic) bond motifs is 1. The molecule has 0 saturated carbocycles. The quantitative estimate of drug-likeness (QED) is 0.592. The minimum absolute atomic E-state index is 0.0167. The van der Waals surface area contributed by atoms with Crippen LogP contribution < -0.4 is 10.2 Å². The van der Waals surface area contributed by atoms with Crippen LogP contribution in [0.25, 0.3) is 10.9 Å². The summed E-state index contributed by atoms with van der Waals surface area (Å²) in [5.41, 5.74) is 0.225. The second-order valence-corrected chi connectivity index (χ2v) is 6.95. The fourth-order valence-corrected chi connectivity index (χ4v) is 3.53. The SMILES string of the molecule is O=C(NCCc1cccc(F)c1)C1(O)CCN(c2ccc3[nH]ccc3c2)C1=O. The first kappa shape index (κ1) is 18.2. The van der Waals surface area contributed by atoms with Gasteiger partial charge in [0, 0.05) is 42.3 Å². The molecule has 0 aliphatic carbocycles. The Morgan fingerprint density at radius 2 is 2.11 bits per heavy atom. The highest BCUT2D eigenvalue weighted by molar-refractivity contribution is 6.16. The summed E-state index contributed by atoms with van der Waals surface area (Å²) in [5.74, 6) is -1.70. The Morgan fingerprint density at radius 1 is 1.25 bits per heavy atom. The Kier molecular flexibility index (Phi) is 4.60. The summed E-state index contributed by atoms with van der Waals surface area (Å²) in [5, 5.41) is 14.2. The molecule has 2 amide bonds. The van der Waals surface area contributed by atoms with Crippen molar-refractivity contribution in [3.8, 4) is 0 Å². The molecule has 144 valence electrons. The third-order valence-electron chi connectivity index (χ3n) is 5.11. The number of carbonyl (C=O) groups excluding carboxylic acids is 2. The summed E-state index contributed by atoms with van der Waals surface area (Å²) in [4.78, 5) is 29.8. The van der Waals surface area contributed by atoms with Crippen molar-refractivity contribution in [2.24, 2.45) is 0 Å². The number of nitrogens with zero attached hydrogens (tertiary/aromatic N) is 1. The molecule has 1 unspecified atom stereocenters. The van der Waals surface area contributed by atoms with Crippen LogP contribution in [0, 0.1) is 5.82 Å². The number of amides is 2. The number of carbonyl (C=O) groups is 2. The normalized spacial score (nSPS) is 19.4. The van der Waals surface area contributed by atoms with E-state index in [0.717, 1.165) is 16.5 Å². The van der Waals surface area contributed by atoms with Crippen LogP contribution in [0.4, 0.5) is 10.1 Å². The maximum atomic E-state index is 13.2. The monoisotopic (exact) mass is 381 g/mol. The molecule has 28 heavy (non-hydrogen) atoms. The Labute approximate surface area is 161 Å². The van der Waals surface area contributed by atoms with E-state index >= 15 is 0 Å². The molecule has 1 atom stereocenters. The highest BCUT2D eigenvalue weighted by Crippen LogP contribution is 2.30. The number of hydrogen-bond acceptors (Lipinski definition) is 3. The Morgan fingerprint density at radius 3 is 2.93 bits per heavy atom. The molecule has 2 aromatic carbocycles. The predicted molar refractivity (Wildman–Crippen MR) is 103 cm³/mol. The van der Waals surface area contributed by atoms with E-state index in [4.69, 9.17) is 0 Å². The van der Waals surface area contributed by atoms with Gasteiger partial charge in [-0.2, -0.15) is 0 Å². The molecule has 0 bridgehead atoms. The number of benzene rings is 2. The molecular formula is C21H20FN3O3. The third-order valence-corrected chi connectivity index (χ3v) is 5.11. The van der Waals surface area contributed by atoms with Gasteiger partial charge in [-0.3, -0.25) is 9.59 Å². The molecule has 0 spiro atoms.